The lowest BCUT2D eigenvalue weighted by Crippen LogP contribution is -2.53. The number of unbranched alkanes of at least 4 members (excludes halogenated alkanes) is 3. The molecule has 5 heteroatoms. The second-order valence-electron chi connectivity index (χ2n) is 5.24. The highest BCUT2D eigenvalue weighted by Crippen LogP contribution is 2.41. The van der Waals surface area contributed by atoms with Gasteiger partial charge in [0, 0.05) is 0 Å². The van der Waals surface area contributed by atoms with E-state index in [0.29, 0.717) is 0 Å². The molecule has 2 rings (SSSR count). The Bertz CT molecular complexity index is 243. The van der Waals surface area contributed by atoms with E-state index in [1.54, 1.807) is 0 Å². The number of rotatable bonds is 5. The molecule has 0 aromatic rings. The van der Waals surface area contributed by atoms with Gasteiger partial charge in [-0.2, -0.15) is 0 Å². The number of likely N-dealkylation sites (tertiary alicyclic amines) is 1. The van der Waals surface area contributed by atoms with Crippen molar-refractivity contribution in [2.75, 3.05) is 6.54 Å². The molecule has 1 saturated heterocycles. The van der Waals surface area contributed by atoms with Crippen molar-refractivity contribution < 1.29 is 20.4 Å². The first-order valence-corrected chi connectivity index (χ1v) is 6.57. The van der Waals surface area contributed by atoms with Crippen molar-refractivity contribution >= 4 is 0 Å². The van der Waals surface area contributed by atoms with Crippen LogP contribution in [0.5, 0.6) is 0 Å². The molecule has 0 aromatic carbocycles. The maximum atomic E-state index is 9.79. The summed E-state index contributed by atoms with van der Waals surface area (Å²) in [6.45, 7) is 2.97. The molecule has 1 saturated carbocycles. The minimum absolute atomic E-state index is 0.176. The maximum absolute atomic E-state index is 9.79. The van der Waals surface area contributed by atoms with Gasteiger partial charge in [0.2, 0.25) is 0 Å². The topological polar surface area (TPSA) is 83.9 Å². The number of hydrogen-bond acceptors (Lipinski definition) is 5. The predicted octanol–water partition coefficient (Wildman–Crippen LogP) is -0.923. The third-order valence-corrected chi connectivity index (χ3v) is 4.05. The molecule has 17 heavy (non-hydrogen) atoms. The molecule has 7 atom stereocenters. The van der Waals surface area contributed by atoms with Gasteiger partial charge in [-0.15, -0.1) is 0 Å². The first-order chi connectivity index (χ1) is 8.09. The molecule has 0 radical (unpaired) electrons. The van der Waals surface area contributed by atoms with Gasteiger partial charge in [0.05, 0.1) is 24.3 Å². The standard InChI is InChI=1S/C12H23NO4/c1-2-3-4-5-6-13-7-8(13)10(15)12(17)11(16)9(7)14/h7-12,14-17H,2-6H2,1H3/t7-,8?,9+,10+,11-,12-,13?/m1/s1. The van der Waals surface area contributed by atoms with E-state index in [-0.39, 0.29) is 12.1 Å². The van der Waals surface area contributed by atoms with E-state index >= 15 is 0 Å². The van der Waals surface area contributed by atoms with E-state index in [0.717, 1.165) is 19.4 Å². The lowest BCUT2D eigenvalue weighted by atomic mass is 9.90. The minimum atomic E-state index is -1.23. The number of hydrogen-bond donors (Lipinski definition) is 4. The van der Waals surface area contributed by atoms with Gasteiger partial charge < -0.3 is 20.4 Å². The van der Waals surface area contributed by atoms with Crippen molar-refractivity contribution in [3.05, 3.63) is 0 Å². The molecule has 5 nitrogen and oxygen atoms in total. The van der Waals surface area contributed by atoms with Gasteiger partial charge in [0.15, 0.2) is 0 Å². The van der Waals surface area contributed by atoms with Crippen molar-refractivity contribution in [3.63, 3.8) is 0 Å². The summed E-state index contributed by atoms with van der Waals surface area (Å²) >= 11 is 0. The van der Waals surface area contributed by atoms with Crippen LogP contribution in [0.3, 0.4) is 0 Å². The smallest absolute Gasteiger partial charge is 0.110 e. The van der Waals surface area contributed by atoms with E-state index in [4.69, 9.17) is 0 Å². The highest BCUT2D eigenvalue weighted by Gasteiger charge is 2.63. The zero-order chi connectivity index (χ0) is 12.6. The molecule has 100 valence electrons. The van der Waals surface area contributed by atoms with Crippen LogP contribution in [0.1, 0.15) is 32.6 Å². The molecular weight excluding hydrogens is 222 g/mol. The van der Waals surface area contributed by atoms with Crippen molar-refractivity contribution in [1.82, 2.24) is 4.90 Å². The number of aliphatic hydroxyl groups excluding tert-OH is 4. The summed E-state index contributed by atoms with van der Waals surface area (Å²) in [4.78, 5) is 1.99. The summed E-state index contributed by atoms with van der Waals surface area (Å²) in [6, 6.07) is -0.352. The molecule has 4 N–H and O–H groups in total. The lowest BCUT2D eigenvalue weighted by Gasteiger charge is -2.30. The molecule has 1 heterocycles. The zero-order valence-electron chi connectivity index (χ0n) is 10.2. The third-order valence-electron chi connectivity index (χ3n) is 4.05. The van der Waals surface area contributed by atoms with Crippen molar-refractivity contribution in [2.24, 2.45) is 0 Å². The fraction of sp³-hybridized carbons (Fsp3) is 1.00. The van der Waals surface area contributed by atoms with Crippen LogP contribution in [0.2, 0.25) is 0 Å². The summed E-state index contributed by atoms with van der Waals surface area (Å²) in [6.07, 6.45) is 0.207. The quantitative estimate of drug-likeness (QED) is 0.372. The Kier molecular flexibility index (Phi) is 4.05. The van der Waals surface area contributed by atoms with E-state index in [1.807, 2.05) is 4.90 Å². The summed E-state index contributed by atoms with van der Waals surface area (Å²) in [5.41, 5.74) is 0. The number of aliphatic hydroxyl groups is 4. The summed E-state index contributed by atoms with van der Waals surface area (Å²) < 4.78 is 0. The molecule has 2 fully saturated rings. The normalized spacial score (nSPS) is 48.9. The van der Waals surface area contributed by atoms with Crippen LogP contribution in [-0.2, 0) is 0 Å². The first-order valence-electron chi connectivity index (χ1n) is 6.57. The van der Waals surface area contributed by atoms with E-state index in [1.165, 1.54) is 12.8 Å². The second-order valence-corrected chi connectivity index (χ2v) is 5.24. The van der Waals surface area contributed by atoms with Crippen LogP contribution in [0.4, 0.5) is 0 Å². The molecule has 1 aliphatic carbocycles. The van der Waals surface area contributed by atoms with Crippen LogP contribution in [0.25, 0.3) is 0 Å². The Hall–Kier alpha value is -0.200. The molecule has 0 aromatic heterocycles. The van der Waals surface area contributed by atoms with Gasteiger partial charge in [-0.05, 0) is 13.0 Å². The fourth-order valence-electron chi connectivity index (χ4n) is 2.94. The monoisotopic (exact) mass is 245 g/mol. The Balaban J connectivity index is 1.84. The highest BCUT2D eigenvalue weighted by atomic mass is 16.4. The second kappa shape index (κ2) is 5.20. The van der Waals surface area contributed by atoms with Crippen LogP contribution >= 0.6 is 0 Å². The van der Waals surface area contributed by atoms with Gasteiger partial charge >= 0.3 is 0 Å². The number of fused-ring (bicyclic) bond motifs is 1. The summed E-state index contributed by atoms with van der Waals surface area (Å²) in [7, 11) is 0. The van der Waals surface area contributed by atoms with Crippen molar-refractivity contribution in [2.45, 2.75) is 69.1 Å². The molecule has 2 unspecified atom stereocenters. The van der Waals surface area contributed by atoms with Crippen LogP contribution in [-0.4, -0.2) is 68.4 Å². The predicted molar refractivity (Wildman–Crippen MR) is 62.5 cm³/mol. The zero-order valence-corrected chi connectivity index (χ0v) is 10.2. The van der Waals surface area contributed by atoms with Crippen LogP contribution < -0.4 is 0 Å². The van der Waals surface area contributed by atoms with Gasteiger partial charge in [-0.1, -0.05) is 26.2 Å². The molecular formula is C12H23NO4. The maximum Gasteiger partial charge on any atom is 0.110 e. The summed E-state index contributed by atoms with van der Waals surface area (Å²) in [5, 5.41) is 38.7. The fourth-order valence-corrected chi connectivity index (χ4v) is 2.94. The average Bonchev–Trinajstić information content (AvgIpc) is 3.04. The Morgan fingerprint density at radius 1 is 0.765 bits per heavy atom. The van der Waals surface area contributed by atoms with Gasteiger partial charge in [0.1, 0.15) is 12.2 Å². The van der Waals surface area contributed by atoms with Gasteiger partial charge in [0.25, 0.3) is 0 Å². The largest absolute Gasteiger partial charge is 0.389 e. The van der Waals surface area contributed by atoms with Crippen LogP contribution in [0.15, 0.2) is 0 Å². The SMILES string of the molecule is CCCCCCN1C2[C@@H]1[C@H](O)[C@@H](O)[C@H](O)[C@H]2O. The molecule has 0 spiro atoms. The Morgan fingerprint density at radius 3 is 1.76 bits per heavy atom. The number of nitrogens with zero attached hydrogens (tertiary/aromatic N) is 1. The lowest BCUT2D eigenvalue weighted by molar-refractivity contribution is -0.121. The van der Waals surface area contributed by atoms with Crippen LogP contribution in [0, 0.1) is 0 Å². The van der Waals surface area contributed by atoms with Crippen molar-refractivity contribution in [3.8, 4) is 0 Å². The Labute approximate surface area is 102 Å². The van der Waals surface area contributed by atoms with Crippen molar-refractivity contribution in [1.29, 1.82) is 0 Å². The Morgan fingerprint density at radius 2 is 1.29 bits per heavy atom. The van der Waals surface area contributed by atoms with E-state index < -0.39 is 24.4 Å². The van der Waals surface area contributed by atoms with Gasteiger partial charge in [-0.3, -0.25) is 4.90 Å². The molecule has 2 aliphatic rings. The summed E-state index contributed by atoms with van der Waals surface area (Å²) in [5.74, 6) is 0. The highest BCUT2D eigenvalue weighted by molar-refractivity contribution is 5.17. The van der Waals surface area contributed by atoms with E-state index in [2.05, 4.69) is 6.92 Å². The van der Waals surface area contributed by atoms with Gasteiger partial charge in [-0.25, -0.2) is 0 Å². The minimum Gasteiger partial charge on any atom is -0.389 e. The average molecular weight is 245 g/mol. The molecule has 0 bridgehead atoms. The molecule has 1 aliphatic heterocycles. The molecule has 0 amide bonds. The first kappa shape index (κ1) is 13.2. The van der Waals surface area contributed by atoms with E-state index in [9.17, 15) is 20.4 Å². The third kappa shape index (κ3) is 2.35.